The summed E-state index contributed by atoms with van der Waals surface area (Å²) in [6.45, 7) is 10.4. The van der Waals surface area contributed by atoms with Crippen molar-refractivity contribution in [1.82, 2.24) is 15.5 Å². The van der Waals surface area contributed by atoms with E-state index in [9.17, 15) is 0 Å². The second-order valence-corrected chi connectivity index (χ2v) is 8.05. The molecule has 1 unspecified atom stereocenters. The van der Waals surface area contributed by atoms with Gasteiger partial charge >= 0.3 is 0 Å². The lowest BCUT2D eigenvalue weighted by atomic mass is 10.1. The fraction of sp³-hybridized carbons (Fsp3) is 0.650. The molecule has 1 aliphatic rings. The highest BCUT2D eigenvalue weighted by molar-refractivity contribution is 7.99. The number of hydrogen-bond donors (Lipinski definition) is 2. The number of guanidine groups is 1. The van der Waals surface area contributed by atoms with Crippen LogP contribution in [-0.4, -0.2) is 48.5 Å². The number of aliphatic imine (C=N–C) groups is 1. The number of likely N-dealkylation sites (tertiary alicyclic amines) is 1. The molecule has 2 rings (SSSR count). The van der Waals surface area contributed by atoms with E-state index in [-0.39, 0.29) is 0 Å². The topological polar surface area (TPSA) is 39.7 Å². The molecule has 1 saturated heterocycles. The number of thioether (sulfide) groups is 1. The summed E-state index contributed by atoms with van der Waals surface area (Å²) in [6.07, 6.45) is 6.23. The van der Waals surface area contributed by atoms with E-state index in [0.29, 0.717) is 11.8 Å². The van der Waals surface area contributed by atoms with Crippen LogP contribution in [-0.2, 0) is 13.1 Å². The maximum Gasteiger partial charge on any atom is 0.191 e. The average Bonchev–Trinajstić information content (AvgIpc) is 2.65. The van der Waals surface area contributed by atoms with Crippen LogP contribution in [0, 0.1) is 0 Å². The van der Waals surface area contributed by atoms with E-state index in [1.54, 1.807) is 0 Å². The molecule has 0 spiro atoms. The van der Waals surface area contributed by atoms with Gasteiger partial charge in [-0.15, -0.1) is 0 Å². The van der Waals surface area contributed by atoms with Crippen LogP contribution in [0.4, 0.5) is 0 Å². The van der Waals surface area contributed by atoms with Gasteiger partial charge in [0.2, 0.25) is 0 Å². The first kappa shape index (κ1) is 20.1. The van der Waals surface area contributed by atoms with Crippen molar-refractivity contribution in [1.29, 1.82) is 0 Å². The Balaban J connectivity index is 1.84. The number of hydrogen-bond acceptors (Lipinski definition) is 3. The Morgan fingerprint density at radius 1 is 1.12 bits per heavy atom. The van der Waals surface area contributed by atoms with Crippen molar-refractivity contribution < 1.29 is 0 Å². The predicted molar refractivity (Wildman–Crippen MR) is 111 cm³/mol. The average molecular weight is 363 g/mol. The Kier molecular flexibility index (Phi) is 9.19. The third-order valence-electron chi connectivity index (χ3n) is 4.60. The Labute approximate surface area is 157 Å². The summed E-state index contributed by atoms with van der Waals surface area (Å²) in [4.78, 5) is 7.28. The van der Waals surface area contributed by atoms with Crippen LogP contribution < -0.4 is 10.6 Å². The maximum absolute atomic E-state index is 4.71. The van der Waals surface area contributed by atoms with Gasteiger partial charge in [0.15, 0.2) is 5.96 Å². The van der Waals surface area contributed by atoms with Crippen molar-refractivity contribution in [3.8, 4) is 0 Å². The molecule has 0 amide bonds. The van der Waals surface area contributed by atoms with Gasteiger partial charge in [-0.3, -0.25) is 4.90 Å². The molecular formula is C20H34N4S. The van der Waals surface area contributed by atoms with Crippen LogP contribution in [0.25, 0.3) is 0 Å². The van der Waals surface area contributed by atoms with Gasteiger partial charge in [-0.2, -0.15) is 11.8 Å². The standard InChI is InChI=1S/C20H34N4S/c1-4-21-20(22-14-17(2)25-3)23-15-18-8-10-19(11-9-18)16-24-12-6-5-7-13-24/h8-11,17H,4-7,12-16H2,1-3H3,(H2,21,22,23). The fourth-order valence-corrected chi connectivity index (χ4v) is 3.21. The number of nitrogens with one attached hydrogen (secondary N) is 2. The molecule has 1 aliphatic heterocycles. The van der Waals surface area contributed by atoms with Gasteiger partial charge in [0.25, 0.3) is 0 Å². The first-order valence-corrected chi connectivity index (χ1v) is 10.8. The van der Waals surface area contributed by atoms with Gasteiger partial charge in [0, 0.05) is 24.9 Å². The molecule has 0 radical (unpaired) electrons. The highest BCUT2D eigenvalue weighted by Crippen LogP contribution is 2.14. The van der Waals surface area contributed by atoms with E-state index < -0.39 is 0 Å². The lowest BCUT2D eigenvalue weighted by molar-refractivity contribution is 0.221. The summed E-state index contributed by atoms with van der Waals surface area (Å²) in [6, 6.07) is 8.96. The molecular weight excluding hydrogens is 328 g/mol. The summed E-state index contributed by atoms with van der Waals surface area (Å²) < 4.78 is 0. The molecule has 1 atom stereocenters. The molecule has 4 nitrogen and oxygen atoms in total. The molecule has 25 heavy (non-hydrogen) atoms. The molecule has 5 heteroatoms. The van der Waals surface area contributed by atoms with E-state index in [1.807, 2.05) is 11.8 Å². The zero-order valence-corrected chi connectivity index (χ0v) is 16.9. The highest BCUT2D eigenvalue weighted by atomic mass is 32.2. The Morgan fingerprint density at radius 2 is 1.80 bits per heavy atom. The van der Waals surface area contributed by atoms with E-state index in [0.717, 1.165) is 25.6 Å². The molecule has 140 valence electrons. The number of rotatable bonds is 8. The molecule has 0 saturated carbocycles. The van der Waals surface area contributed by atoms with Gasteiger partial charge in [-0.1, -0.05) is 37.6 Å². The number of benzene rings is 1. The molecule has 0 bridgehead atoms. The minimum Gasteiger partial charge on any atom is -0.357 e. The first-order chi connectivity index (χ1) is 12.2. The van der Waals surface area contributed by atoms with E-state index in [2.05, 4.69) is 59.9 Å². The zero-order chi connectivity index (χ0) is 17.9. The predicted octanol–water partition coefficient (Wildman–Crippen LogP) is 3.48. The summed E-state index contributed by atoms with van der Waals surface area (Å²) >= 11 is 1.87. The normalized spacial score (nSPS) is 17.3. The fourth-order valence-electron chi connectivity index (χ4n) is 2.96. The van der Waals surface area contributed by atoms with Crippen molar-refractivity contribution >= 4 is 17.7 Å². The second-order valence-electron chi connectivity index (χ2n) is 6.78. The first-order valence-electron chi connectivity index (χ1n) is 9.56. The quantitative estimate of drug-likeness (QED) is 0.549. The van der Waals surface area contributed by atoms with Crippen LogP contribution in [0.2, 0.25) is 0 Å². The van der Waals surface area contributed by atoms with Crippen LogP contribution in [0.1, 0.15) is 44.2 Å². The van der Waals surface area contributed by atoms with Gasteiger partial charge in [-0.05, 0) is 50.2 Å². The van der Waals surface area contributed by atoms with Crippen molar-refractivity contribution in [2.75, 3.05) is 32.4 Å². The van der Waals surface area contributed by atoms with Crippen LogP contribution >= 0.6 is 11.8 Å². The molecule has 0 aliphatic carbocycles. The third-order valence-corrected chi connectivity index (χ3v) is 5.57. The zero-order valence-electron chi connectivity index (χ0n) is 16.1. The number of piperidine rings is 1. The smallest absolute Gasteiger partial charge is 0.191 e. The van der Waals surface area contributed by atoms with Crippen LogP contribution in [0.3, 0.4) is 0 Å². The van der Waals surface area contributed by atoms with E-state index >= 15 is 0 Å². The third kappa shape index (κ3) is 7.70. The summed E-state index contributed by atoms with van der Waals surface area (Å²) in [7, 11) is 0. The number of nitrogens with zero attached hydrogens (tertiary/aromatic N) is 2. The lowest BCUT2D eigenvalue weighted by Crippen LogP contribution is -2.40. The summed E-state index contributed by atoms with van der Waals surface area (Å²) in [5.74, 6) is 0.904. The maximum atomic E-state index is 4.71. The van der Waals surface area contributed by atoms with Gasteiger partial charge in [0.1, 0.15) is 0 Å². The second kappa shape index (κ2) is 11.4. The van der Waals surface area contributed by atoms with E-state index in [1.165, 1.54) is 43.5 Å². The van der Waals surface area contributed by atoms with Crippen molar-refractivity contribution in [2.45, 2.75) is 51.4 Å². The van der Waals surface area contributed by atoms with Crippen molar-refractivity contribution in [2.24, 2.45) is 4.99 Å². The minimum atomic E-state index is 0.581. The van der Waals surface area contributed by atoms with Crippen LogP contribution in [0.5, 0.6) is 0 Å². The largest absolute Gasteiger partial charge is 0.357 e. The highest BCUT2D eigenvalue weighted by Gasteiger charge is 2.10. The summed E-state index contributed by atoms with van der Waals surface area (Å²) in [5, 5.41) is 7.32. The molecule has 1 fully saturated rings. The lowest BCUT2D eigenvalue weighted by Gasteiger charge is -2.26. The molecule has 1 aromatic rings. The summed E-state index contributed by atoms with van der Waals surface area (Å²) in [5.41, 5.74) is 2.67. The van der Waals surface area contributed by atoms with E-state index in [4.69, 9.17) is 4.99 Å². The van der Waals surface area contributed by atoms with Crippen molar-refractivity contribution in [3.63, 3.8) is 0 Å². The van der Waals surface area contributed by atoms with Gasteiger partial charge in [-0.25, -0.2) is 4.99 Å². The molecule has 1 heterocycles. The molecule has 2 N–H and O–H groups in total. The van der Waals surface area contributed by atoms with Gasteiger partial charge in [0.05, 0.1) is 6.54 Å². The SMILES string of the molecule is CCNC(=NCc1ccc(CN2CCCCC2)cc1)NCC(C)SC. The Bertz CT molecular complexity index is 509. The monoisotopic (exact) mass is 362 g/mol. The van der Waals surface area contributed by atoms with Gasteiger partial charge < -0.3 is 10.6 Å². The molecule has 1 aromatic carbocycles. The van der Waals surface area contributed by atoms with Crippen LogP contribution in [0.15, 0.2) is 29.3 Å². The minimum absolute atomic E-state index is 0.581. The Hall–Kier alpha value is -1.20. The Morgan fingerprint density at radius 3 is 2.44 bits per heavy atom. The van der Waals surface area contributed by atoms with Crippen molar-refractivity contribution in [3.05, 3.63) is 35.4 Å². The molecule has 0 aromatic heterocycles.